The van der Waals surface area contributed by atoms with E-state index in [1.54, 1.807) is 0 Å². The van der Waals surface area contributed by atoms with Gasteiger partial charge in [-0.15, -0.1) is 0 Å². The van der Waals surface area contributed by atoms with E-state index < -0.39 is 0 Å². The molecule has 3 nitrogen and oxygen atoms in total. The first kappa shape index (κ1) is 8.66. The Hall–Kier alpha value is -0.930. The van der Waals surface area contributed by atoms with Gasteiger partial charge in [0.05, 0.1) is 11.8 Å². The number of aliphatic hydroxyl groups excluding tert-OH is 1. The van der Waals surface area contributed by atoms with Gasteiger partial charge in [-0.2, -0.15) is 0 Å². The molecule has 1 fully saturated rings. The Labute approximate surface area is 78.0 Å². The molecular weight excluding hydrogens is 164 g/mol. The van der Waals surface area contributed by atoms with Crippen molar-refractivity contribution < 1.29 is 5.11 Å². The van der Waals surface area contributed by atoms with Crippen molar-refractivity contribution in [1.82, 2.24) is 9.88 Å². The molecule has 0 radical (unpaired) electrons. The highest BCUT2D eigenvalue weighted by Gasteiger charge is 2.19. The van der Waals surface area contributed by atoms with E-state index in [1.807, 2.05) is 24.4 Å². The second kappa shape index (κ2) is 3.85. The standard InChI is InChI=1S/C10H14N2O/c13-10-4-6-12(8-10)7-9-3-1-2-5-11-9/h1-3,5,10,13H,4,6-8H2/t10-/m1/s1. The predicted octanol–water partition coefficient (Wildman–Crippen LogP) is 0.648. The molecule has 0 unspecified atom stereocenters. The minimum absolute atomic E-state index is 0.135. The van der Waals surface area contributed by atoms with E-state index in [4.69, 9.17) is 0 Å². The minimum Gasteiger partial charge on any atom is -0.392 e. The van der Waals surface area contributed by atoms with Gasteiger partial charge in [-0.05, 0) is 18.6 Å². The van der Waals surface area contributed by atoms with Crippen molar-refractivity contribution in [3.05, 3.63) is 30.1 Å². The first-order valence-corrected chi connectivity index (χ1v) is 4.65. The number of pyridine rings is 1. The Kier molecular flexibility index (Phi) is 2.57. The molecular formula is C10H14N2O. The molecule has 0 aromatic carbocycles. The maximum Gasteiger partial charge on any atom is 0.0679 e. The summed E-state index contributed by atoms with van der Waals surface area (Å²) in [4.78, 5) is 6.47. The van der Waals surface area contributed by atoms with Gasteiger partial charge in [0.1, 0.15) is 0 Å². The van der Waals surface area contributed by atoms with E-state index in [0.717, 1.165) is 31.7 Å². The number of hydrogen-bond donors (Lipinski definition) is 1. The van der Waals surface area contributed by atoms with Crippen LogP contribution in [0.5, 0.6) is 0 Å². The zero-order chi connectivity index (χ0) is 9.10. The average molecular weight is 178 g/mol. The van der Waals surface area contributed by atoms with Gasteiger partial charge in [0.2, 0.25) is 0 Å². The largest absolute Gasteiger partial charge is 0.392 e. The normalized spacial score (nSPS) is 23.6. The van der Waals surface area contributed by atoms with E-state index in [9.17, 15) is 5.11 Å². The third-order valence-electron chi connectivity index (χ3n) is 2.36. The first-order valence-electron chi connectivity index (χ1n) is 4.65. The van der Waals surface area contributed by atoms with Crippen LogP contribution in [0.25, 0.3) is 0 Å². The topological polar surface area (TPSA) is 36.4 Å². The summed E-state index contributed by atoms with van der Waals surface area (Å²) in [5.74, 6) is 0. The van der Waals surface area contributed by atoms with Gasteiger partial charge in [0, 0.05) is 25.8 Å². The molecule has 0 spiro atoms. The van der Waals surface area contributed by atoms with E-state index in [1.165, 1.54) is 0 Å². The summed E-state index contributed by atoms with van der Waals surface area (Å²) in [6.07, 6.45) is 2.57. The Balaban J connectivity index is 1.92. The summed E-state index contributed by atoms with van der Waals surface area (Å²) in [5, 5.41) is 9.32. The molecule has 1 aromatic heterocycles. The second-order valence-electron chi connectivity index (χ2n) is 3.50. The van der Waals surface area contributed by atoms with E-state index in [0.29, 0.717) is 0 Å². The molecule has 13 heavy (non-hydrogen) atoms. The summed E-state index contributed by atoms with van der Waals surface area (Å²) < 4.78 is 0. The molecule has 3 heteroatoms. The molecule has 1 aliphatic rings. The average Bonchev–Trinajstić information content (AvgIpc) is 2.53. The number of aliphatic hydroxyl groups is 1. The first-order chi connectivity index (χ1) is 6.34. The molecule has 1 atom stereocenters. The lowest BCUT2D eigenvalue weighted by Crippen LogP contribution is -2.21. The zero-order valence-corrected chi connectivity index (χ0v) is 7.56. The van der Waals surface area contributed by atoms with Gasteiger partial charge in [-0.1, -0.05) is 6.07 Å². The van der Waals surface area contributed by atoms with Crippen LogP contribution in [0.4, 0.5) is 0 Å². The number of aromatic nitrogens is 1. The van der Waals surface area contributed by atoms with E-state index in [-0.39, 0.29) is 6.10 Å². The van der Waals surface area contributed by atoms with Crippen molar-refractivity contribution in [3.8, 4) is 0 Å². The van der Waals surface area contributed by atoms with Crippen molar-refractivity contribution >= 4 is 0 Å². The summed E-state index contributed by atoms with van der Waals surface area (Å²) in [7, 11) is 0. The van der Waals surface area contributed by atoms with E-state index >= 15 is 0 Å². The fourth-order valence-electron chi connectivity index (χ4n) is 1.68. The highest BCUT2D eigenvalue weighted by molar-refractivity contribution is 5.03. The van der Waals surface area contributed by atoms with Crippen LogP contribution >= 0.6 is 0 Å². The number of nitrogens with zero attached hydrogens (tertiary/aromatic N) is 2. The maximum atomic E-state index is 9.32. The fraction of sp³-hybridized carbons (Fsp3) is 0.500. The van der Waals surface area contributed by atoms with Crippen LogP contribution in [0, 0.1) is 0 Å². The van der Waals surface area contributed by atoms with Crippen molar-refractivity contribution in [1.29, 1.82) is 0 Å². The predicted molar refractivity (Wildman–Crippen MR) is 50.1 cm³/mol. The molecule has 2 rings (SSSR count). The molecule has 1 N–H and O–H groups in total. The van der Waals surface area contributed by atoms with Crippen LogP contribution in [-0.2, 0) is 6.54 Å². The van der Waals surface area contributed by atoms with Gasteiger partial charge < -0.3 is 5.11 Å². The highest BCUT2D eigenvalue weighted by atomic mass is 16.3. The summed E-state index contributed by atoms with van der Waals surface area (Å²) in [6, 6.07) is 5.93. The Morgan fingerprint density at radius 1 is 1.54 bits per heavy atom. The van der Waals surface area contributed by atoms with Gasteiger partial charge in [-0.3, -0.25) is 9.88 Å². The molecule has 0 bridgehead atoms. The Bertz CT molecular complexity index is 263. The van der Waals surface area contributed by atoms with Crippen molar-refractivity contribution in [2.24, 2.45) is 0 Å². The lowest BCUT2D eigenvalue weighted by atomic mass is 10.3. The van der Waals surface area contributed by atoms with Crippen LogP contribution in [0.2, 0.25) is 0 Å². The van der Waals surface area contributed by atoms with Crippen LogP contribution in [0.3, 0.4) is 0 Å². The van der Waals surface area contributed by atoms with Crippen molar-refractivity contribution in [2.45, 2.75) is 19.1 Å². The lowest BCUT2D eigenvalue weighted by Gasteiger charge is -2.13. The van der Waals surface area contributed by atoms with Gasteiger partial charge >= 0.3 is 0 Å². The second-order valence-corrected chi connectivity index (χ2v) is 3.50. The van der Waals surface area contributed by atoms with Crippen LogP contribution < -0.4 is 0 Å². The van der Waals surface area contributed by atoms with Crippen LogP contribution in [-0.4, -0.2) is 34.2 Å². The quantitative estimate of drug-likeness (QED) is 0.722. The molecule has 1 aromatic rings. The number of rotatable bonds is 2. The number of likely N-dealkylation sites (tertiary alicyclic amines) is 1. The number of β-amino-alcohol motifs (C(OH)–C–C–N with tert-alkyl or cyclic N) is 1. The van der Waals surface area contributed by atoms with Gasteiger partial charge in [0.15, 0.2) is 0 Å². The van der Waals surface area contributed by atoms with Crippen molar-refractivity contribution in [2.75, 3.05) is 13.1 Å². The molecule has 2 heterocycles. The molecule has 0 aliphatic carbocycles. The molecule has 70 valence electrons. The maximum absolute atomic E-state index is 9.32. The lowest BCUT2D eigenvalue weighted by molar-refractivity contribution is 0.174. The molecule has 1 aliphatic heterocycles. The number of hydrogen-bond acceptors (Lipinski definition) is 3. The smallest absolute Gasteiger partial charge is 0.0679 e. The van der Waals surface area contributed by atoms with Gasteiger partial charge in [-0.25, -0.2) is 0 Å². The Morgan fingerprint density at radius 2 is 2.46 bits per heavy atom. The minimum atomic E-state index is -0.135. The summed E-state index contributed by atoms with van der Waals surface area (Å²) in [6.45, 7) is 2.63. The summed E-state index contributed by atoms with van der Waals surface area (Å²) in [5.41, 5.74) is 1.08. The zero-order valence-electron chi connectivity index (χ0n) is 7.56. The van der Waals surface area contributed by atoms with Crippen LogP contribution in [0.1, 0.15) is 12.1 Å². The summed E-state index contributed by atoms with van der Waals surface area (Å²) >= 11 is 0. The third-order valence-corrected chi connectivity index (χ3v) is 2.36. The third kappa shape index (κ3) is 2.26. The van der Waals surface area contributed by atoms with Crippen molar-refractivity contribution in [3.63, 3.8) is 0 Å². The fourth-order valence-corrected chi connectivity index (χ4v) is 1.68. The van der Waals surface area contributed by atoms with Crippen LogP contribution in [0.15, 0.2) is 24.4 Å². The monoisotopic (exact) mass is 178 g/mol. The highest BCUT2D eigenvalue weighted by Crippen LogP contribution is 2.11. The van der Waals surface area contributed by atoms with E-state index in [2.05, 4.69) is 9.88 Å². The molecule has 1 saturated heterocycles. The van der Waals surface area contributed by atoms with Gasteiger partial charge in [0.25, 0.3) is 0 Å². The molecule has 0 saturated carbocycles. The Morgan fingerprint density at radius 3 is 3.08 bits per heavy atom. The molecule has 0 amide bonds. The SMILES string of the molecule is O[C@@H]1CCN(Cc2ccccn2)C1.